The van der Waals surface area contributed by atoms with Crippen molar-refractivity contribution in [2.45, 2.75) is 51.7 Å². The molecule has 0 N–H and O–H groups in total. The molecule has 5 nitrogen and oxygen atoms in total. The van der Waals surface area contributed by atoms with Crippen LogP contribution in [0, 0.1) is 13.8 Å². The maximum atomic E-state index is 11.8. The van der Waals surface area contributed by atoms with Gasteiger partial charge in [0.25, 0.3) is 0 Å². The Morgan fingerprint density at radius 3 is 2.44 bits per heavy atom. The molecule has 1 aliphatic heterocycles. The number of fused-ring (bicyclic) bond motifs is 2. The lowest BCUT2D eigenvalue weighted by atomic mass is 9.90. The van der Waals surface area contributed by atoms with Gasteiger partial charge >= 0.3 is 5.97 Å². The molecule has 210 valence electrons. The van der Waals surface area contributed by atoms with Crippen LogP contribution in [0.1, 0.15) is 58.2 Å². The summed E-state index contributed by atoms with van der Waals surface area (Å²) < 4.78 is 23.4. The molecule has 41 heavy (non-hydrogen) atoms. The Balaban J connectivity index is 1.23. The van der Waals surface area contributed by atoms with Gasteiger partial charge in [0.05, 0.1) is 20.1 Å². The first-order valence-electron chi connectivity index (χ1n) is 14.0. The minimum Gasteiger partial charge on any atom is -0.492 e. The molecule has 0 bridgehead atoms. The fourth-order valence-corrected chi connectivity index (χ4v) is 6.39. The highest BCUT2D eigenvalue weighted by Crippen LogP contribution is 2.46. The molecule has 0 amide bonds. The minimum absolute atomic E-state index is 0.00464. The van der Waals surface area contributed by atoms with Gasteiger partial charge in [-0.15, -0.1) is 0 Å². The fourth-order valence-electron chi connectivity index (χ4n) is 6.12. The van der Waals surface area contributed by atoms with Crippen LogP contribution in [-0.2, 0) is 22.6 Å². The maximum absolute atomic E-state index is 11.8. The topological polar surface area (TPSA) is 54.0 Å². The number of aryl methyl sites for hydroxylation is 2. The Morgan fingerprint density at radius 1 is 0.927 bits per heavy atom. The summed E-state index contributed by atoms with van der Waals surface area (Å²) in [5.74, 6) is 2.15. The molecule has 6 heteroatoms. The van der Waals surface area contributed by atoms with Crippen molar-refractivity contribution in [3.05, 3.63) is 111 Å². The van der Waals surface area contributed by atoms with Crippen LogP contribution in [0.5, 0.6) is 17.2 Å². The predicted molar refractivity (Wildman–Crippen MR) is 160 cm³/mol. The van der Waals surface area contributed by atoms with Gasteiger partial charge in [-0.3, -0.25) is 4.79 Å². The van der Waals surface area contributed by atoms with E-state index in [1.807, 2.05) is 42.5 Å². The van der Waals surface area contributed by atoms with Gasteiger partial charge in [-0.05, 0) is 84.3 Å². The third kappa shape index (κ3) is 5.51. The molecule has 4 aromatic carbocycles. The normalized spacial score (nSPS) is 17.0. The van der Waals surface area contributed by atoms with Gasteiger partial charge in [0, 0.05) is 28.1 Å². The van der Waals surface area contributed by atoms with E-state index in [-0.39, 0.29) is 18.0 Å². The van der Waals surface area contributed by atoms with Crippen LogP contribution in [0.4, 0.5) is 0 Å². The molecule has 0 aromatic heterocycles. The average molecular weight is 569 g/mol. The molecule has 4 aromatic rings. The molecule has 2 unspecified atom stereocenters. The zero-order valence-electron chi connectivity index (χ0n) is 23.5. The van der Waals surface area contributed by atoms with E-state index in [0.717, 1.165) is 74.1 Å². The number of hydrogen-bond acceptors (Lipinski definition) is 5. The Hall–Kier alpha value is -3.96. The Kier molecular flexibility index (Phi) is 7.63. The predicted octanol–water partition coefficient (Wildman–Crippen LogP) is 8.31. The van der Waals surface area contributed by atoms with E-state index in [0.29, 0.717) is 19.6 Å². The minimum atomic E-state index is -0.233. The van der Waals surface area contributed by atoms with E-state index < -0.39 is 0 Å². The lowest BCUT2D eigenvalue weighted by Gasteiger charge is -2.20. The van der Waals surface area contributed by atoms with Crippen molar-refractivity contribution in [1.82, 2.24) is 0 Å². The largest absolute Gasteiger partial charge is 0.492 e. The number of rotatable bonds is 8. The van der Waals surface area contributed by atoms with E-state index in [9.17, 15) is 4.79 Å². The summed E-state index contributed by atoms with van der Waals surface area (Å²) in [4.78, 5) is 11.8. The third-order valence-electron chi connectivity index (χ3n) is 8.09. The van der Waals surface area contributed by atoms with Gasteiger partial charge < -0.3 is 18.9 Å². The molecule has 0 saturated carbocycles. The van der Waals surface area contributed by atoms with Crippen molar-refractivity contribution < 1.29 is 23.7 Å². The summed E-state index contributed by atoms with van der Waals surface area (Å²) in [6.45, 7) is 5.23. The highest BCUT2D eigenvalue weighted by Gasteiger charge is 2.31. The standard InChI is InChI=1S/C35H33ClO5/c1-21-15-26(39-19-23-7-5-4-6-8-23)16-22(2)34(21)35-29-12-14-31(28(29)11-13-30(35)36)41-25-9-10-27-24(17-33(37)38-3)20-40-32(27)18-25/h4-11,13,15-16,18,24,31H,12,14,17,19-20H2,1-3H3. The number of hydrogen-bond donors (Lipinski definition) is 0. The highest BCUT2D eigenvalue weighted by molar-refractivity contribution is 6.33. The summed E-state index contributed by atoms with van der Waals surface area (Å²) in [5, 5.41) is 0.746. The number of benzene rings is 4. The molecule has 1 heterocycles. The Labute approximate surface area is 246 Å². The monoisotopic (exact) mass is 568 g/mol. The van der Waals surface area contributed by atoms with Gasteiger partial charge in [0.1, 0.15) is 30.0 Å². The van der Waals surface area contributed by atoms with Crippen molar-refractivity contribution in [1.29, 1.82) is 0 Å². The second-order valence-corrected chi connectivity index (χ2v) is 11.2. The second-order valence-electron chi connectivity index (χ2n) is 10.8. The van der Waals surface area contributed by atoms with Crippen LogP contribution in [0.25, 0.3) is 11.1 Å². The number of ether oxygens (including phenoxy) is 4. The van der Waals surface area contributed by atoms with E-state index in [1.165, 1.54) is 12.7 Å². The second kappa shape index (κ2) is 11.5. The van der Waals surface area contributed by atoms with E-state index in [2.05, 4.69) is 44.2 Å². The van der Waals surface area contributed by atoms with E-state index in [1.54, 1.807) is 0 Å². The van der Waals surface area contributed by atoms with Crippen LogP contribution >= 0.6 is 11.6 Å². The Morgan fingerprint density at radius 2 is 1.68 bits per heavy atom. The van der Waals surface area contributed by atoms with Crippen LogP contribution in [0.3, 0.4) is 0 Å². The summed E-state index contributed by atoms with van der Waals surface area (Å²) in [5.41, 5.74) is 9.06. The maximum Gasteiger partial charge on any atom is 0.306 e. The first-order valence-corrected chi connectivity index (χ1v) is 14.4. The quantitative estimate of drug-likeness (QED) is 0.200. The third-order valence-corrected chi connectivity index (χ3v) is 8.41. The molecule has 6 rings (SSSR count). The SMILES string of the molecule is COC(=O)CC1COc2cc(OC3CCc4c3ccc(Cl)c4-c3c(C)cc(OCc4ccccc4)cc3C)ccc21. The van der Waals surface area contributed by atoms with Gasteiger partial charge in [-0.2, -0.15) is 0 Å². The average Bonchev–Trinajstić information content (AvgIpc) is 3.56. The van der Waals surface area contributed by atoms with Gasteiger partial charge in [0.15, 0.2) is 0 Å². The molecular weight excluding hydrogens is 536 g/mol. The lowest BCUT2D eigenvalue weighted by molar-refractivity contribution is -0.141. The number of carbonyl (C=O) groups is 1. The van der Waals surface area contributed by atoms with E-state index in [4.69, 9.17) is 30.5 Å². The summed E-state index contributed by atoms with van der Waals surface area (Å²) in [6.07, 6.45) is 1.97. The number of methoxy groups -OCH3 is 1. The molecule has 0 fully saturated rings. The molecule has 2 aliphatic rings. The zero-order valence-corrected chi connectivity index (χ0v) is 24.3. The van der Waals surface area contributed by atoms with E-state index >= 15 is 0 Å². The van der Waals surface area contributed by atoms with Crippen LogP contribution < -0.4 is 14.2 Å². The smallest absolute Gasteiger partial charge is 0.306 e. The summed E-state index contributed by atoms with van der Waals surface area (Å²) in [6, 6.07) is 24.4. The van der Waals surface area contributed by atoms with Crippen LogP contribution in [-0.4, -0.2) is 19.7 Å². The van der Waals surface area contributed by atoms with Crippen molar-refractivity contribution in [2.24, 2.45) is 0 Å². The molecular formula is C35H33ClO5. The van der Waals surface area contributed by atoms with Crippen molar-refractivity contribution in [3.8, 4) is 28.4 Å². The fraction of sp³-hybridized carbons (Fsp3) is 0.286. The molecule has 2 atom stereocenters. The summed E-state index contributed by atoms with van der Waals surface area (Å²) in [7, 11) is 1.41. The number of carbonyl (C=O) groups excluding carboxylic acids is 1. The number of halogens is 1. The van der Waals surface area contributed by atoms with Crippen LogP contribution in [0.2, 0.25) is 5.02 Å². The first-order chi connectivity index (χ1) is 19.9. The van der Waals surface area contributed by atoms with Crippen LogP contribution in [0.15, 0.2) is 72.8 Å². The lowest BCUT2D eigenvalue weighted by Crippen LogP contribution is -2.09. The van der Waals surface area contributed by atoms with Crippen molar-refractivity contribution in [2.75, 3.05) is 13.7 Å². The first kappa shape index (κ1) is 27.2. The molecule has 0 radical (unpaired) electrons. The van der Waals surface area contributed by atoms with Gasteiger partial charge in [-0.25, -0.2) is 0 Å². The molecule has 1 aliphatic carbocycles. The summed E-state index contributed by atoms with van der Waals surface area (Å²) >= 11 is 6.88. The van der Waals surface area contributed by atoms with Gasteiger partial charge in [0.2, 0.25) is 0 Å². The molecule has 0 saturated heterocycles. The van der Waals surface area contributed by atoms with Crippen molar-refractivity contribution >= 4 is 17.6 Å². The zero-order chi connectivity index (χ0) is 28.5. The van der Waals surface area contributed by atoms with Crippen molar-refractivity contribution in [3.63, 3.8) is 0 Å². The van der Waals surface area contributed by atoms with Gasteiger partial charge in [-0.1, -0.05) is 54.1 Å². The Bertz CT molecular complexity index is 1570. The highest BCUT2D eigenvalue weighted by atomic mass is 35.5. The molecule has 0 spiro atoms. The number of esters is 1.